The van der Waals surface area contributed by atoms with Gasteiger partial charge in [0.2, 0.25) is 0 Å². The number of ether oxygens (including phenoxy) is 3. The predicted molar refractivity (Wildman–Crippen MR) is 277 cm³/mol. The van der Waals surface area contributed by atoms with E-state index in [1.807, 2.05) is 19.9 Å². The molecule has 0 unspecified atom stereocenters. The molecule has 0 radical (unpaired) electrons. The topological polar surface area (TPSA) is 366 Å². The minimum atomic E-state index is -2.52. The summed E-state index contributed by atoms with van der Waals surface area (Å²) in [7, 11) is 0. The maximum Gasteiger partial charge on any atom is 0.331 e. The zero-order valence-electron chi connectivity index (χ0n) is 44.3. The first-order chi connectivity index (χ1) is 34.7. The first-order valence-corrected chi connectivity index (χ1v) is 26.3. The second kappa shape index (κ2) is 33.9. The zero-order valence-corrected chi connectivity index (χ0v) is 44.3. The average molecular weight is 1050 g/mol. The number of nitrogens with two attached hydrogens (primary N) is 2. The van der Waals surface area contributed by atoms with Crippen molar-refractivity contribution >= 4 is 23.9 Å². The number of carboxylic acid groups (broad SMARTS) is 1. The van der Waals surface area contributed by atoms with Gasteiger partial charge in [0.1, 0.15) is 24.7 Å². The van der Waals surface area contributed by atoms with E-state index in [-0.39, 0.29) is 69.2 Å². The summed E-state index contributed by atoms with van der Waals surface area (Å²) in [6.45, 7) is 11.1. The number of rotatable bonds is 12. The summed E-state index contributed by atoms with van der Waals surface area (Å²) in [5.74, 6) is -7.80. The molecule has 0 spiro atoms. The van der Waals surface area contributed by atoms with Gasteiger partial charge < -0.3 is 81.8 Å². The van der Waals surface area contributed by atoms with Gasteiger partial charge in [0.05, 0.1) is 54.9 Å². The molecule has 2 aliphatic heterocycles. The molecule has 0 saturated carbocycles. The van der Waals surface area contributed by atoms with E-state index >= 15 is 0 Å². The van der Waals surface area contributed by atoms with E-state index in [0.717, 1.165) is 32.1 Å². The Morgan fingerprint density at radius 1 is 0.797 bits per heavy atom. The molecule has 20 heteroatoms. The van der Waals surface area contributed by atoms with Crippen molar-refractivity contribution in [3.63, 3.8) is 0 Å². The van der Waals surface area contributed by atoms with Crippen molar-refractivity contribution in [3.05, 3.63) is 60.3 Å². The number of aliphatic hydroxyl groups excluding tert-OH is 9. The molecule has 2 bridgehead atoms. The summed E-state index contributed by atoms with van der Waals surface area (Å²) >= 11 is 0. The number of carbonyl (C=O) groups excluding carboxylic acids is 2. The number of hydrogen-bond acceptors (Lipinski definition) is 17. The Balaban J connectivity index is 2.41. The van der Waals surface area contributed by atoms with Gasteiger partial charge in [0, 0.05) is 68.9 Å². The molecule has 0 aromatic carbocycles. The SMILES string of the molecule is C/C1=C/C=C\[C@H](C)[C@H]([C@@H](C)CCC/C=C/CCCN=C(N)N)OC(=O)/C=C\C=C/[C@H](C)[C@H](O)C[C@@H](O)[C@@H](C)[C@@H](O)CC[C@H](C)[C@@H](O)C[C@@]2(O)O[C@@H](C[C@@H](OC(=O)CC(=O)O)C[C@@H](O)C[C@@H](O)C[C@@H]1O)C[C@H](O)[C@@H]2O. The molecule has 0 aromatic rings. The van der Waals surface area contributed by atoms with Crippen LogP contribution in [0.1, 0.15) is 138 Å². The van der Waals surface area contributed by atoms with Gasteiger partial charge in [-0.15, -0.1) is 0 Å². The highest BCUT2D eigenvalue weighted by molar-refractivity contribution is 5.90. The lowest BCUT2D eigenvalue weighted by atomic mass is 9.84. The molecule has 0 aliphatic carbocycles. The molecule has 15 N–H and O–H groups in total. The average Bonchev–Trinajstić information content (AvgIpc) is 3.30. The normalized spacial score (nSPS) is 37.9. The Morgan fingerprint density at radius 2 is 1.45 bits per heavy atom. The fourth-order valence-corrected chi connectivity index (χ4v) is 9.23. The van der Waals surface area contributed by atoms with Crippen LogP contribution in [0.25, 0.3) is 0 Å². The van der Waals surface area contributed by atoms with Crippen LogP contribution in [0.15, 0.2) is 65.2 Å². The van der Waals surface area contributed by atoms with Crippen LogP contribution in [-0.2, 0) is 28.6 Å². The van der Waals surface area contributed by atoms with Crippen LogP contribution in [0.2, 0.25) is 0 Å². The Bertz CT molecular complexity index is 1860. The molecular formula is C54H91N3O17. The van der Waals surface area contributed by atoms with E-state index < -0.39 is 128 Å². The van der Waals surface area contributed by atoms with Crippen LogP contribution in [0, 0.1) is 29.6 Å². The Hall–Kier alpha value is -4.06. The number of aliphatic hydroxyl groups is 10. The Morgan fingerprint density at radius 3 is 2.11 bits per heavy atom. The monoisotopic (exact) mass is 1050 g/mol. The molecule has 2 aliphatic rings. The standard InChI is InChI=1S/C54H91N3O17/c1-32-16-12-13-20-49(68)73-51(35(4)17-11-9-7-8-10-14-23-57-53(55)56)36(5)19-15-18-33(2)43(61)26-39(59)24-38(58)25-40(72-50(69)30-48(66)67)27-41-28-46(64)52(70)54(71,74-41)31-47(65)34(3)21-22-42(60)37(6)45(63)29-44(32)62/h7-8,12-13,15-16,18-20,32,34-47,51-52,58-65,70-71H,9-11,14,17,21-31H2,1-6H3,(H,66,67)(H4,55,56,57)/b8-7+,16-12-,19-15-,20-13-,33-18-/t32-,34-,35-,36-,37-,38-,39+,40-,41-,42-,43-,44+,45+,46-,47-,51-,52-,54+/m0/s1. The number of carbonyl (C=O) groups is 3. The summed E-state index contributed by atoms with van der Waals surface area (Å²) < 4.78 is 17.3. The van der Waals surface area contributed by atoms with Gasteiger partial charge in [0.25, 0.3) is 0 Å². The van der Waals surface area contributed by atoms with Gasteiger partial charge >= 0.3 is 17.9 Å². The summed E-state index contributed by atoms with van der Waals surface area (Å²) in [4.78, 5) is 41.1. The third kappa shape index (κ3) is 25.2. The van der Waals surface area contributed by atoms with E-state index in [2.05, 4.69) is 17.1 Å². The lowest BCUT2D eigenvalue weighted by Gasteiger charge is -2.45. The van der Waals surface area contributed by atoms with Crippen LogP contribution in [0.4, 0.5) is 0 Å². The molecule has 0 amide bonds. The zero-order chi connectivity index (χ0) is 55.7. The second-order valence-corrected chi connectivity index (χ2v) is 20.9. The lowest BCUT2D eigenvalue weighted by molar-refractivity contribution is -0.333. The second-order valence-electron chi connectivity index (χ2n) is 20.9. The molecule has 1 fully saturated rings. The molecule has 0 aromatic heterocycles. The Labute approximate surface area is 437 Å². The highest BCUT2D eigenvalue weighted by atomic mass is 16.7. The van der Waals surface area contributed by atoms with Crippen molar-refractivity contribution in [3.8, 4) is 0 Å². The summed E-state index contributed by atoms with van der Waals surface area (Å²) in [5.41, 5.74) is 11.3. The number of aliphatic carboxylic acids is 1. The van der Waals surface area contributed by atoms with Crippen molar-refractivity contribution in [2.45, 2.75) is 217 Å². The molecule has 424 valence electrons. The van der Waals surface area contributed by atoms with Crippen LogP contribution in [0.5, 0.6) is 0 Å². The fraction of sp³-hybridized carbons (Fsp3) is 0.741. The van der Waals surface area contributed by atoms with Crippen molar-refractivity contribution in [2.75, 3.05) is 6.54 Å². The number of hydrogen-bond donors (Lipinski definition) is 13. The summed E-state index contributed by atoms with van der Waals surface area (Å²) in [6.07, 6.45) is 1.87. The molecule has 20 nitrogen and oxygen atoms in total. The molecule has 2 rings (SSSR count). The predicted octanol–water partition coefficient (Wildman–Crippen LogP) is 2.72. The number of esters is 2. The van der Waals surface area contributed by atoms with E-state index in [4.69, 9.17) is 25.7 Å². The molecule has 2 heterocycles. The fourth-order valence-electron chi connectivity index (χ4n) is 9.23. The highest BCUT2D eigenvalue weighted by Crippen LogP contribution is 2.36. The van der Waals surface area contributed by atoms with Gasteiger partial charge in [-0.1, -0.05) is 83.2 Å². The summed E-state index contributed by atoms with van der Waals surface area (Å²) in [6, 6.07) is 0. The van der Waals surface area contributed by atoms with E-state index in [1.54, 1.807) is 52.0 Å². The highest BCUT2D eigenvalue weighted by Gasteiger charge is 2.50. The quantitative estimate of drug-likeness (QED) is 0.0334. The number of fused-ring (bicyclic) bond motifs is 2. The minimum absolute atomic E-state index is 0.0617. The molecule has 74 heavy (non-hydrogen) atoms. The molecule has 18 atom stereocenters. The van der Waals surface area contributed by atoms with Crippen molar-refractivity contribution in [2.24, 2.45) is 46.0 Å². The third-order valence-corrected chi connectivity index (χ3v) is 14.2. The maximum atomic E-state index is 13.2. The van der Waals surface area contributed by atoms with Gasteiger partial charge in [-0.2, -0.15) is 0 Å². The largest absolute Gasteiger partial charge is 0.481 e. The van der Waals surface area contributed by atoms with Crippen molar-refractivity contribution < 1.29 is 84.8 Å². The van der Waals surface area contributed by atoms with Gasteiger partial charge in [-0.05, 0) is 75.7 Å². The van der Waals surface area contributed by atoms with Gasteiger partial charge in [-0.25, -0.2) is 4.79 Å². The van der Waals surface area contributed by atoms with E-state index in [0.29, 0.717) is 12.1 Å². The lowest BCUT2D eigenvalue weighted by Crippen LogP contribution is -2.60. The van der Waals surface area contributed by atoms with Crippen molar-refractivity contribution in [1.29, 1.82) is 0 Å². The van der Waals surface area contributed by atoms with Crippen LogP contribution < -0.4 is 11.5 Å². The number of nitrogens with zero attached hydrogens (tertiary/aromatic N) is 1. The number of aliphatic imine (C=N–C) groups is 1. The van der Waals surface area contributed by atoms with Crippen LogP contribution >= 0.6 is 0 Å². The number of carboxylic acids is 1. The Kier molecular flexibility index (Phi) is 30.2. The minimum Gasteiger partial charge on any atom is -0.481 e. The maximum absolute atomic E-state index is 13.2. The van der Waals surface area contributed by atoms with Gasteiger partial charge in [-0.3, -0.25) is 14.6 Å². The molecule has 1 saturated heterocycles. The van der Waals surface area contributed by atoms with Gasteiger partial charge in [0.15, 0.2) is 11.7 Å². The third-order valence-electron chi connectivity index (χ3n) is 14.2. The number of cyclic esters (lactones) is 1. The van der Waals surface area contributed by atoms with E-state index in [1.165, 1.54) is 12.2 Å². The van der Waals surface area contributed by atoms with E-state index in [9.17, 15) is 70.6 Å². The summed E-state index contributed by atoms with van der Waals surface area (Å²) in [5, 5.41) is 120. The molecular weight excluding hydrogens is 963 g/mol. The smallest absolute Gasteiger partial charge is 0.331 e. The van der Waals surface area contributed by atoms with Crippen LogP contribution in [0.3, 0.4) is 0 Å². The first kappa shape index (κ1) is 66.1. The van der Waals surface area contributed by atoms with Crippen LogP contribution in [-0.4, -0.2) is 166 Å². The number of unbranched alkanes of at least 4 members (excludes halogenated alkanes) is 2. The first-order valence-electron chi connectivity index (χ1n) is 26.3. The van der Waals surface area contributed by atoms with Crippen molar-refractivity contribution in [1.82, 2.24) is 0 Å². The number of guanidine groups is 1. The number of allylic oxidation sites excluding steroid dienone is 6.